The highest BCUT2D eigenvalue weighted by molar-refractivity contribution is 6.02. The van der Waals surface area contributed by atoms with Gasteiger partial charge in [-0.15, -0.1) is 0 Å². The molecule has 0 aliphatic heterocycles. The van der Waals surface area contributed by atoms with Crippen molar-refractivity contribution >= 4 is 18.0 Å². The molecular formula is C21H17N3O4. The number of aromatic nitrogens is 2. The first-order chi connectivity index (χ1) is 13.4. The zero-order valence-corrected chi connectivity index (χ0v) is 15.6. The van der Waals surface area contributed by atoms with E-state index in [4.69, 9.17) is 9.15 Å². The molecule has 1 aromatic carbocycles. The van der Waals surface area contributed by atoms with Crippen molar-refractivity contribution in [1.82, 2.24) is 9.78 Å². The number of ether oxygens (including phenoxy) is 1. The molecule has 0 atom stereocenters. The predicted molar refractivity (Wildman–Crippen MR) is 101 cm³/mol. The standard InChI is InChI=1S/C21H17N3O4/c1-13-9-14(2)24(23-13)20(25)17(12-22)11-18-7-8-19(28-18)15-5-4-6-16(10-15)21(26)27-3/h4-11H,1-3H3/b17-11+. The monoisotopic (exact) mass is 375 g/mol. The Morgan fingerprint density at radius 1 is 1.21 bits per heavy atom. The minimum Gasteiger partial charge on any atom is -0.465 e. The second-order valence-electron chi connectivity index (χ2n) is 6.09. The van der Waals surface area contributed by atoms with Crippen molar-refractivity contribution in [2.75, 3.05) is 7.11 Å². The summed E-state index contributed by atoms with van der Waals surface area (Å²) in [7, 11) is 1.31. The maximum Gasteiger partial charge on any atom is 0.337 e. The van der Waals surface area contributed by atoms with Crippen LogP contribution in [-0.4, -0.2) is 28.8 Å². The number of carbonyl (C=O) groups is 2. The lowest BCUT2D eigenvalue weighted by molar-refractivity contribution is 0.0600. The van der Waals surface area contributed by atoms with Crippen LogP contribution in [0.15, 0.2) is 52.5 Å². The fraction of sp³-hybridized carbons (Fsp3) is 0.143. The molecule has 7 nitrogen and oxygen atoms in total. The number of benzene rings is 1. The zero-order valence-electron chi connectivity index (χ0n) is 15.6. The van der Waals surface area contributed by atoms with Crippen LogP contribution < -0.4 is 0 Å². The van der Waals surface area contributed by atoms with Crippen molar-refractivity contribution in [3.63, 3.8) is 0 Å². The quantitative estimate of drug-likeness (QED) is 0.391. The predicted octanol–water partition coefficient (Wildman–Crippen LogP) is 3.79. The lowest BCUT2D eigenvalue weighted by Crippen LogP contribution is -2.15. The van der Waals surface area contributed by atoms with E-state index in [2.05, 4.69) is 5.10 Å². The van der Waals surface area contributed by atoms with E-state index in [1.165, 1.54) is 17.9 Å². The summed E-state index contributed by atoms with van der Waals surface area (Å²) in [5.74, 6) is -0.146. The van der Waals surface area contributed by atoms with Gasteiger partial charge in [-0.1, -0.05) is 12.1 Å². The van der Waals surface area contributed by atoms with Gasteiger partial charge in [-0.25, -0.2) is 9.48 Å². The SMILES string of the molecule is COC(=O)c1cccc(-c2ccc(/C=C(\C#N)C(=O)n3nc(C)cc3C)o2)c1. The van der Waals surface area contributed by atoms with Crippen molar-refractivity contribution in [3.05, 3.63) is 70.7 Å². The van der Waals surface area contributed by atoms with Crippen LogP contribution in [0.25, 0.3) is 17.4 Å². The van der Waals surface area contributed by atoms with Gasteiger partial charge < -0.3 is 9.15 Å². The molecule has 0 aliphatic rings. The Morgan fingerprint density at radius 3 is 2.64 bits per heavy atom. The Morgan fingerprint density at radius 2 is 2.00 bits per heavy atom. The Labute approximate surface area is 161 Å². The van der Waals surface area contributed by atoms with E-state index in [-0.39, 0.29) is 5.57 Å². The fourth-order valence-electron chi connectivity index (χ4n) is 2.74. The molecule has 28 heavy (non-hydrogen) atoms. The van der Waals surface area contributed by atoms with E-state index in [1.54, 1.807) is 56.3 Å². The maximum absolute atomic E-state index is 12.6. The summed E-state index contributed by atoms with van der Waals surface area (Å²) in [5.41, 5.74) is 2.30. The molecule has 0 bridgehead atoms. The third-order valence-corrected chi connectivity index (χ3v) is 4.03. The Kier molecular flexibility index (Phi) is 5.23. The minimum atomic E-state index is -0.529. The van der Waals surface area contributed by atoms with E-state index < -0.39 is 11.9 Å². The molecule has 3 rings (SSSR count). The first-order valence-electron chi connectivity index (χ1n) is 8.41. The Bertz CT molecular complexity index is 1130. The van der Waals surface area contributed by atoms with Gasteiger partial charge in [0.2, 0.25) is 0 Å². The van der Waals surface area contributed by atoms with Gasteiger partial charge in [-0.2, -0.15) is 10.4 Å². The highest BCUT2D eigenvalue weighted by Gasteiger charge is 2.16. The molecule has 0 amide bonds. The van der Waals surface area contributed by atoms with Crippen molar-refractivity contribution in [1.29, 1.82) is 5.26 Å². The largest absolute Gasteiger partial charge is 0.465 e. The molecule has 0 saturated carbocycles. The van der Waals surface area contributed by atoms with Gasteiger partial charge >= 0.3 is 5.97 Å². The van der Waals surface area contributed by atoms with Crippen LogP contribution >= 0.6 is 0 Å². The van der Waals surface area contributed by atoms with Crippen LogP contribution in [0.1, 0.15) is 32.3 Å². The molecule has 140 valence electrons. The average Bonchev–Trinajstić information content (AvgIpc) is 3.30. The zero-order chi connectivity index (χ0) is 20.3. The van der Waals surface area contributed by atoms with Crippen LogP contribution in [-0.2, 0) is 4.74 Å². The minimum absolute atomic E-state index is 0.101. The smallest absolute Gasteiger partial charge is 0.337 e. The summed E-state index contributed by atoms with van der Waals surface area (Å²) >= 11 is 0. The molecule has 0 saturated heterocycles. The molecular weight excluding hydrogens is 358 g/mol. The summed E-state index contributed by atoms with van der Waals surface area (Å²) in [6.07, 6.45) is 1.37. The summed E-state index contributed by atoms with van der Waals surface area (Å²) < 4.78 is 11.6. The number of hydrogen-bond acceptors (Lipinski definition) is 6. The lowest BCUT2D eigenvalue weighted by Gasteiger charge is -2.02. The Balaban J connectivity index is 1.91. The number of furan rings is 1. The maximum atomic E-state index is 12.6. The molecule has 3 aromatic rings. The third-order valence-electron chi connectivity index (χ3n) is 4.03. The number of methoxy groups -OCH3 is 1. The number of aryl methyl sites for hydroxylation is 2. The molecule has 0 aliphatic carbocycles. The van der Waals surface area contributed by atoms with Gasteiger partial charge in [0.05, 0.1) is 18.4 Å². The van der Waals surface area contributed by atoms with Crippen molar-refractivity contribution in [2.24, 2.45) is 0 Å². The van der Waals surface area contributed by atoms with E-state index in [1.807, 2.05) is 6.07 Å². The van der Waals surface area contributed by atoms with E-state index >= 15 is 0 Å². The van der Waals surface area contributed by atoms with Crippen LogP contribution in [0.3, 0.4) is 0 Å². The molecule has 0 unspecified atom stereocenters. The van der Waals surface area contributed by atoms with Crippen LogP contribution in [0, 0.1) is 25.2 Å². The van der Waals surface area contributed by atoms with E-state index in [0.29, 0.717) is 34.0 Å². The van der Waals surface area contributed by atoms with Crippen molar-refractivity contribution < 1.29 is 18.7 Å². The van der Waals surface area contributed by atoms with Gasteiger partial charge in [0.25, 0.3) is 5.91 Å². The van der Waals surface area contributed by atoms with Crippen LogP contribution in [0.4, 0.5) is 0 Å². The molecule has 0 N–H and O–H groups in total. The highest BCUT2D eigenvalue weighted by Crippen LogP contribution is 2.25. The number of nitriles is 1. The fourth-order valence-corrected chi connectivity index (χ4v) is 2.74. The van der Waals surface area contributed by atoms with E-state index in [9.17, 15) is 14.9 Å². The molecule has 2 heterocycles. The number of carbonyl (C=O) groups excluding carboxylic acids is 2. The number of rotatable bonds is 4. The normalized spacial score (nSPS) is 11.1. The number of hydrogen-bond donors (Lipinski definition) is 0. The molecule has 0 spiro atoms. The molecule has 2 aromatic heterocycles. The van der Waals surface area contributed by atoms with Crippen molar-refractivity contribution in [3.8, 4) is 17.4 Å². The molecule has 0 fully saturated rings. The average molecular weight is 375 g/mol. The first-order valence-corrected chi connectivity index (χ1v) is 8.41. The first kappa shape index (κ1) is 18.9. The van der Waals surface area contributed by atoms with Gasteiger partial charge in [0, 0.05) is 17.3 Å². The summed E-state index contributed by atoms with van der Waals surface area (Å²) in [6.45, 7) is 3.51. The molecule has 0 radical (unpaired) electrons. The van der Waals surface area contributed by atoms with Gasteiger partial charge in [0.1, 0.15) is 23.2 Å². The van der Waals surface area contributed by atoms with E-state index in [0.717, 1.165) is 0 Å². The van der Waals surface area contributed by atoms with Gasteiger partial charge in [-0.05, 0) is 44.2 Å². The van der Waals surface area contributed by atoms with Crippen molar-refractivity contribution in [2.45, 2.75) is 13.8 Å². The summed E-state index contributed by atoms with van der Waals surface area (Å²) in [6, 6.07) is 13.8. The van der Waals surface area contributed by atoms with Gasteiger partial charge in [-0.3, -0.25) is 4.79 Å². The highest BCUT2D eigenvalue weighted by atomic mass is 16.5. The van der Waals surface area contributed by atoms with Gasteiger partial charge in [0.15, 0.2) is 0 Å². The second-order valence-corrected chi connectivity index (χ2v) is 6.09. The number of esters is 1. The topological polar surface area (TPSA) is 98.1 Å². The number of allylic oxidation sites excluding steroid dienone is 1. The Hall–Kier alpha value is -3.92. The summed E-state index contributed by atoms with van der Waals surface area (Å²) in [5, 5.41) is 13.5. The van der Waals surface area contributed by atoms with Crippen LogP contribution in [0.5, 0.6) is 0 Å². The van der Waals surface area contributed by atoms with Crippen LogP contribution in [0.2, 0.25) is 0 Å². The second kappa shape index (κ2) is 7.76. The third kappa shape index (κ3) is 3.76. The number of nitrogens with zero attached hydrogens (tertiary/aromatic N) is 3. The molecule has 7 heteroatoms. The summed E-state index contributed by atoms with van der Waals surface area (Å²) in [4.78, 5) is 24.2. The lowest BCUT2D eigenvalue weighted by atomic mass is 10.1.